The lowest BCUT2D eigenvalue weighted by Gasteiger charge is -2.34. The van der Waals surface area contributed by atoms with E-state index in [2.05, 4.69) is 244 Å². The van der Waals surface area contributed by atoms with Crippen LogP contribution in [0.5, 0.6) is 0 Å². The fourth-order valence-corrected chi connectivity index (χ4v) is 10.8. The summed E-state index contributed by atoms with van der Waals surface area (Å²) in [5, 5.41) is 7.04. The van der Waals surface area contributed by atoms with Crippen LogP contribution in [0.1, 0.15) is 48.6 Å². The topological polar surface area (TPSA) is 16.4 Å². The summed E-state index contributed by atoms with van der Waals surface area (Å²) in [5.74, 6) is 0. The van der Waals surface area contributed by atoms with Gasteiger partial charge in [-0.15, -0.1) is 0 Å². The monoisotopic (exact) mass is 807 g/mol. The molecule has 11 aromatic rings. The van der Waals surface area contributed by atoms with Crippen molar-refractivity contribution in [2.75, 3.05) is 4.90 Å². The van der Waals surface area contributed by atoms with Crippen molar-refractivity contribution < 1.29 is 4.42 Å². The molecule has 1 aliphatic carbocycles. The highest BCUT2D eigenvalue weighted by Crippen LogP contribution is 2.58. The van der Waals surface area contributed by atoms with E-state index in [4.69, 9.17) is 4.42 Å². The summed E-state index contributed by atoms with van der Waals surface area (Å²) in [6, 6.07) is 80.4. The molecule has 0 saturated carbocycles. The molecule has 0 bridgehead atoms. The Kier molecular flexibility index (Phi) is 8.36. The van der Waals surface area contributed by atoms with Crippen LogP contribution < -0.4 is 4.90 Å². The molecule has 0 spiro atoms. The van der Waals surface area contributed by atoms with E-state index >= 15 is 0 Å². The van der Waals surface area contributed by atoms with Crippen LogP contribution in [-0.2, 0) is 10.8 Å². The Morgan fingerprint density at radius 2 is 1.00 bits per heavy atom. The first-order valence-electron chi connectivity index (χ1n) is 22.0. The number of benzene rings is 10. The second-order valence-electron chi connectivity index (χ2n) is 18.0. The maximum Gasteiger partial charge on any atom is 0.143 e. The third kappa shape index (κ3) is 5.57. The lowest BCUT2D eigenvalue weighted by molar-refractivity contribution is 0.596. The highest BCUT2D eigenvalue weighted by atomic mass is 16.3. The van der Waals surface area contributed by atoms with Crippen molar-refractivity contribution in [3.8, 4) is 22.3 Å². The fraction of sp³-hybridized carbons (Fsp3) is 0.0820. The van der Waals surface area contributed by atoms with Gasteiger partial charge in [0, 0.05) is 33.0 Å². The van der Waals surface area contributed by atoms with Gasteiger partial charge in [0.25, 0.3) is 0 Å². The van der Waals surface area contributed by atoms with Gasteiger partial charge >= 0.3 is 0 Å². The minimum Gasteiger partial charge on any atom is -0.455 e. The molecule has 0 atom stereocenters. The summed E-state index contributed by atoms with van der Waals surface area (Å²) in [4.78, 5) is 2.52. The number of anilines is 3. The minimum absolute atomic E-state index is 0.0521. The number of rotatable bonds is 6. The Morgan fingerprint density at radius 1 is 0.413 bits per heavy atom. The van der Waals surface area contributed by atoms with E-state index in [-0.39, 0.29) is 5.41 Å². The van der Waals surface area contributed by atoms with E-state index in [0.717, 1.165) is 50.1 Å². The fourth-order valence-electron chi connectivity index (χ4n) is 10.8. The maximum absolute atomic E-state index is 6.84. The molecule has 1 aromatic heterocycles. The van der Waals surface area contributed by atoms with Gasteiger partial charge in [-0.25, -0.2) is 0 Å². The molecule has 0 fully saturated rings. The first kappa shape index (κ1) is 37.1. The van der Waals surface area contributed by atoms with Gasteiger partial charge in [0.2, 0.25) is 0 Å². The molecule has 0 aliphatic heterocycles. The zero-order valence-electron chi connectivity index (χ0n) is 35.6. The lowest BCUT2D eigenvalue weighted by Crippen LogP contribution is -2.28. The quantitative estimate of drug-likeness (QED) is 0.166. The molecule has 1 heterocycles. The number of para-hydroxylation sites is 2. The average molecular weight is 808 g/mol. The van der Waals surface area contributed by atoms with Crippen LogP contribution in [0.2, 0.25) is 0 Å². The highest BCUT2D eigenvalue weighted by molar-refractivity contribution is 6.16. The number of hydrogen-bond acceptors (Lipinski definition) is 2. The van der Waals surface area contributed by atoms with Gasteiger partial charge in [0.15, 0.2) is 0 Å². The van der Waals surface area contributed by atoms with Gasteiger partial charge in [-0.05, 0) is 90.8 Å². The zero-order valence-corrected chi connectivity index (χ0v) is 35.6. The summed E-state index contributed by atoms with van der Waals surface area (Å²) >= 11 is 0. The van der Waals surface area contributed by atoms with E-state index in [1.807, 2.05) is 0 Å². The first-order valence-corrected chi connectivity index (χ1v) is 22.0. The second-order valence-corrected chi connectivity index (χ2v) is 18.0. The van der Waals surface area contributed by atoms with E-state index in [1.165, 1.54) is 60.5 Å². The van der Waals surface area contributed by atoms with E-state index in [9.17, 15) is 0 Å². The molecule has 63 heavy (non-hydrogen) atoms. The zero-order chi connectivity index (χ0) is 42.3. The Balaban J connectivity index is 1.20. The standard InChI is InChI=1S/C61H45NO/c1-60(2,3)52-36-38-55(47-27-13-12-25-45(47)52)62(56-37-33-40-19-10-11-24-44(40)58(56)50-30-18-29-49-48-28-15-17-32-57(48)63-59(49)50)43-34-35-54-51(39-43)46-26-14-16-31-53(46)61(54,41-20-6-4-7-21-41)42-22-8-5-9-23-42/h4-39H,1-3H3. The summed E-state index contributed by atoms with van der Waals surface area (Å²) < 4.78 is 6.84. The van der Waals surface area contributed by atoms with Crippen molar-refractivity contribution in [1.29, 1.82) is 0 Å². The Morgan fingerprint density at radius 3 is 1.76 bits per heavy atom. The third-order valence-corrected chi connectivity index (χ3v) is 13.5. The van der Waals surface area contributed by atoms with E-state index in [1.54, 1.807) is 0 Å². The molecule has 0 unspecified atom stereocenters. The van der Waals surface area contributed by atoms with Crippen LogP contribution in [0.4, 0.5) is 17.1 Å². The van der Waals surface area contributed by atoms with Gasteiger partial charge in [-0.1, -0.05) is 209 Å². The van der Waals surface area contributed by atoms with Gasteiger partial charge in [-0.2, -0.15) is 0 Å². The molecule has 0 radical (unpaired) electrons. The first-order chi connectivity index (χ1) is 30.9. The van der Waals surface area contributed by atoms with Crippen LogP contribution in [-0.4, -0.2) is 0 Å². The van der Waals surface area contributed by atoms with Gasteiger partial charge < -0.3 is 9.32 Å². The van der Waals surface area contributed by atoms with Gasteiger partial charge in [0.1, 0.15) is 11.2 Å². The Labute approximate surface area is 368 Å². The highest BCUT2D eigenvalue weighted by Gasteiger charge is 2.46. The minimum atomic E-state index is -0.496. The molecule has 0 amide bonds. The molecule has 2 heteroatoms. The predicted octanol–water partition coefficient (Wildman–Crippen LogP) is 16.7. The van der Waals surface area contributed by atoms with Crippen LogP contribution in [0.25, 0.3) is 65.7 Å². The van der Waals surface area contributed by atoms with Crippen LogP contribution in [0, 0.1) is 0 Å². The normalized spacial score (nSPS) is 13.1. The van der Waals surface area contributed by atoms with E-state index < -0.39 is 5.41 Å². The molecular formula is C61H45NO. The maximum atomic E-state index is 6.84. The molecule has 300 valence electrons. The van der Waals surface area contributed by atoms with Crippen molar-refractivity contribution >= 4 is 60.5 Å². The van der Waals surface area contributed by atoms with Crippen LogP contribution >= 0.6 is 0 Å². The molecular weight excluding hydrogens is 763 g/mol. The SMILES string of the molecule is CC(C)(C)c1ccc(N(c2ccc3c(c2)-c2ccccc2C3(c2ccccc2)c2ccccc2)c2ccc3ccccc3c2-c2cccc3c2oc2ccccc23)c2ccccc12. The summed E-state index contributed by atoms with van der Waals surface area (Å²) in [7, 11) is 0. The summed E-state index contributed by atoms with van der Waals surface area (Å²) in [6.45, 7) is 6.93. The van der Waals surface area contributed by atoms with Gasteiger partial charge in [0.05, 0.1) is 16.8 Å². The number of nitrogens with zero attached hydrogens (tertiary/aromatic N) is 1. The Bertz CT molecular complexity index is 3510. The lowest BCUT2D eigenvalue weighted by atomic mass is 9.68. The molecule has 12 rings (SSSR count). The molecule has 0 saturated heterocycles. The van der Waals surface area contributed by atoms with E-state index in [0.29, 0.717) is 0 Å². The largest absolute Gasteiger partial charge is 0.455 e. The number of hydrogen-bond donors (Lipinski definition) is 0. The molecule has 0 N–H and O–H groups in total. The van der Waals surface area contributed by atoms with Crippen molar-refractivity contribution in [3.05, 3.63) is 246 Å². The van der Waals surface area contributed by atoms with Crippen molar-refractivity contribution in [2.24, 2.45) is 0 Å². The van der Waals surface area contributed by atoms with Crippen molar-refractivity contribution in [1.82, 2.24) is 0 Å². The smallest absolute Gasteiger partial charge is 0.143 e. The number of fused-ring (bicyclic) bond motifs is 8. The molecule has 10 aromatic carbocycles. The second kappa shape index (κ2) is 14.2. The van der Waals surface area contributed by atoms with Crippen LogP contribution in [0.15, 0.2) is 223 Å². The predicted molar refractivity (Wildman–Crippen MR) is 265 cm³/mol. The van der Waals surface area contributed by atoms with Gasteiger partial charge in [-0.3, -0.25) is 0 Å². The average Bonchev–Trinajstić information content (AvgIpc) is 3.86. The summed E-state index contributed by atoms with van der Waals surface area (Å²) in [6.07, 6.45) is 0. The molecule has 1 aliphatic rings. The van der Waals surface area contributed by atoms with Crippen molar-refractivity contribution in [2.45, 2.75) is 31.6 Å². The Hall–Kier alpha value is -7.68. The van der Waals surface area contributed by atoms with Crippen molar-refractivity contribution in [3.63, 3.8) is 0 Å². The third-order valence-electron chi connectivity index (χ3n) is 13.5. The van der Waals surface area contributed by atoms with Crippen LogP contribution in [0.3, 0.4) is 0 Å². The number of furan rings is 1. The summed E-state index contributed by atoms with van der Waals surface area (Å²) in [5.41, 5.74) is 15.6. The molecule has 2 nitrogen and oxygen atoms in total.